The van der Waals surface area contributed by atoms with Crippen LogP contribution in [-0.4, -0.2) is 6.54 Å². The topological polar surface area (TPSA) is 12.0 Å². The van der Waals surface area contributed by atoms with Gasteiger partial charge in [0.2, 0.25) is 0 Å². The third-order valence-electron chi connectivity index (χ3n) is 3.50. The first kappa shape index (κ1) is 11.7. The summed E-state index contributed by atoms with van der Waals surface area (Å²) in [4.78, 5) is 0. The van der Waals surface area contributed by atoms with E-state index >= 15 is 0 Å². The second kappa shape index (κ2) is 4.58. The van der Waals surface area contributed by atoms with E-state index in [-0.39, 0.29) is 0 Å². The van der Waals surface area contributed by atoms with Crippen LogP contribution in [0.15, 0.2) is 12.1 Å². The molecule has 1 aromatic rings. The Hall–Kier alpha value is -0.820. The predicted octanol–water partition coefficient (Wildman–Crippen LogP) is 3.54. The van der Waals surface area contributed by atoms with Crippen LogP contribution >= 0.6 is 0 Å². The Balaban J connectivity index is 2.37. The summed E-state index contributed by atoms with van der Waals surface area (Å²) < 4.78 is 0. The summed E-state index contributed by atoms with van der Waals surface area (Å²) in [7, 11) is 0. The molecule has 88 valence electrons. The maximum absolute atomic E-state index is 3.66. The molecule has 0 saturated heterocycles. The number of hydrogen-bond donors (Lipinski definition) is 1. The van der Waals surface area contributed by atoms with Crippen molar-refractivity contribution in [1.29, 1.82) is 0 Å². The summed E-state index contributed by atoms with van der Waals surface area (Å²) in [5.74, 6) is 0.754. The Morgan fingerprint density at radius 1 is 1.31 bits per heavy atom. The Bertz CT molecular complexity index is 379. The lowest BCUT2D eigenvalue weighted by Crippen LogP contribution is -2.31. The van der Waals surface area contributed by atoms with E-state index in [0.717, 1.165) is 12.5 Å². The molecule has 0 amide bonds. The molecule has 1 nitrogen and oxygen atoms in total. The smallest absolute Gasteiger partial charge is 0.0325 e. The highest BCUT2D eigenvalue weighted by molar-refractivity contribution is 5.41. The van der Waals surface area contributed by atoms with Crippen molar-refractivity contribution >= 4 is 0 Å². The van der Waals surface area contributed by atoms with Gasteiger partial charge >= 0.3 is 0 Å². The fourth-order valence-corrected chi connectivity index (χ4v) is 2.85. The van der Waals surface area contributed by atoms with Gasteiger partial charge in [0.05, 0.1) is 0 Å². The largest absolute Gasteiger partial charge is 0.310 e. The molecule has 1 atom stereocenters. The first-order chi connectivity index (χ1) is 7.58. The summed E-state index contributed by atoms with van der Waals surface area (Å²) in [6.07, 6.45) is 2.44. The van der Waals surface area contributed by atoms with Crippen LogP contribution < -0.4 is 5.32 Å². The van der Waals surface area contributed by atoms with Gasteiger partial charge in [0, 0.05) is 6.04 Å². The van der Waals surface area contributed by atoms with E-state index in [9.17, 15) is 0 Å². The maximum Gasteiger partial charge on any atom is 0.0325 e. The van der Waals surface area contributed by atoms with Gasteiger partial charge in [-0.25, -0.2) is 0 Å². The molecular formula is C15H23N. The monoisotopic (exact) mass is 217 g/mol. The van der Waals surface area contributed by atoms with Crippen LogP contribution in [0, 0.1) is 19.8 Å². The standard InChI is InChI=1S/C15H23N/c1-10(2)7-15-14-9-11(3)8-12(4)13(14)5-6-16-15/h8-10,15-16H,5-7H2,1-4H3. The molecule has 1 aliphatic heterocycles. The Labute approximate surface area is 99.3 Å². The third-order valence-corrected chi connectivity index (χ3v) is 3.50. The van der Waals surface area contributed by atoms with Gasteiger partial charge in [0.1, 0.15) is 0 Å². The van der Waals surface area contributed by atoms with Crippen molar-refractivity contribution < 1.29 is 0 Å². The van der Waals surface area contributed by atoms with Crippen molar-refractivity contribution in [3.05, 3.63) is 34.4 Å². The zero-order valence-electron chi connectivity index (χ0n) is 10.9. The summed E-state index contributed by atoms with van der Waals surface area (Å²) in [5.41, 5.74) is 6.02. The minimum atomic E-state index is 0.572. The number of aryl methyl sites for hydroxylation is 2. The molecule has 0 aromatic heterocycles. The second-order valence-corrected chi connectivity index (χ2v) is 5.54. The van der Waals surface area contributed by atoms with E-state index in [4.69, 9.17) is 0 Å². The van der Waals surface area contributed by atoms with Gasteiger partial charge in [-0.3, -0.25) is 0 Å². The van der Waals surface area contributed by atoms with Crippen LogP contribution in [0.2, 0.25) is 0 Å². The average molecular weight is 217 g/mol. The zero-order chi connectivity index (χ0) is 11.7. The Morgan fingerprint density at radius 3 is 2.75 bits per heavy atom. The zero-order valence-corrected chi connectivity index (χ0v) is 10.9. The minimum absolute atomic E-state index is 0.572. The molecule has 1 unspecified atom stereocenters. The highest BCUT2D eigenvalue weighted by Crippen LogP contribution is 2.30. The fourth-order valence-electron chi connectivity index (χ4n) is 2.85. The minimum Gasteiger partial charge on any atom is -0.310 e. The third kappa shape index (κ3) is 2.30. The van der Waals surface area contributed by atoms with E-state index in [2.05, 4.69) is 45.1 Å². The quantitative estimate of drug-likeness (QED) is 0.799. The van der Waals surface area contributed by atoms with Gasteiger partial charge in [0.15, 0.2) is 0 Å². The fraction of sp³-hybridized carbons (Fsp3) is 0.600. The molecule has 2 rings (SSSR count). The number of benzene rings is 1. The van der Waals surface area contributed by atoms with Crippen molar-refractivity contribution in [3.8, 4) is 0 Å². The predicted molar refractivity (Wildman–Crippen MR) is 69.8 cm³/mol. The van der Waals surface area contributed by atoms with Crippen molar-refractivity contribution in [2.45, 2.75) is 46.6 Å². The van der Waals surface area contributed by atoms with E-state index in [1.54, 1.807) is 11.1 Å². The average Bonchev–Trinajstić information content (AvgIpc) is 2.18. The van der Waals surface area contributed by atoms with E-state index in [1.165, 1.54) is 24.0 Å². The summed E-state index contributed by atoms with van der Waals surface area (Å²) in [6.45, 7) is 10.2. The molecule has 0 spiro atoms. The molecule has 0 radical (unpaired) electrons. The molecule has 0 bridgehead atoms. The number of rotatable bonds is 2. The van der Waals surface area contributed by atoms with Crippen molar-refractivity contribution in [1.82, 2.24) is 5.32 Å². The van der Waals surface area contributed by atoms with Crippen LogP contribution in [-0.2, 0) is 6.42 Å². The highest BCUT2D eigenvalue weighted by Gasteiger charge is 2.21. The molecule has 1 N–H and O–H groups in total. The summed E-state index contributed by atoms with van der Waals surface area (Å²) in [5, 5.41) is 3.66. The van der Waals surface area contributed by atoms with E-state index in [0.29, 0.717) is 6.04 Å². The lowest BCUT2D eigenvalue weighted by molar-refractivity contribution is 0.414. The lowest BCUT2D eigenvalue weighted by atomic mass is 9.86. The van der Waals surface area contributed by atoms with Gasteiger partial charge in [-0.1, -0.05) is 31.5 Å². The van der Waals surface area contributed by atoms with Gasteiger partial charge in [-0.15, -0.1) is 0 Å². The van der Waals surface area contributed by atoms with Crippen molar-refractivity contribution in [2.75, 3.05) is 6.54 Å². The number of hydrogen-bond acceptors (Lipinski definition) is 1. The van der Waals surface area contributed by atoms with E-state index in [1.807, 2.05) is 0 Å². The first-order valence-electron chi connectivity index (χ1n) is 6.41. The maximum atomic E-state index is 3.66. The first-order valence-corrected chi connectivity index (χ1v) is 6.41. The molecule has 1 aromatic carbocycles. The van der Waals surface area contributed by atoms with E-state index < -0.39 is 0 Å². The normalized spacial score (nSPS) is 19.9. The molecule has 0 saturated carbocycles. The SMILES string of the molecule is Cc1cc(C)c2c(c1)C(CC(C)C)NCC2. The summed E-state index contributed by atoms with van der Waals surface area (Å²) >= 11 is 0. The summed E-state index contributed by atoms with van der Waals surface area (Å²) in [6, 6.07) is 5.26. The molecule has 0 fully saturated rings. The van der Waals surface area contributed by atoms with Crippen LogP contribution in [0.1, 0.15) is 48.6 Å². The Kier molecular flexibility index (Phi) is 3.34. The number of fused-ring (bicyclic) bond motifs is 1. The van der Waals surface area contributed by atoms with Gasteiger partial charge in [-0.05, 0) is 55.8 Å². The molecule has 0 aliphatic carbocycles. The van der Waals surface area contributed by atoms with Gasteiger partial charge in [-0.2, -0.15) is 0 Å². The van der Waals surface area contributed by atoms with Crippen LogP contribution in [0.3, 0.4) is 0 Å². The molecule has 1 heterocycles. The number of nitrogens with one attached hydrogen (secondary N) is 1. The van der Waals surface area contributed by atoms with Crippen LogP contribution in [0.25, 0.3) is 0 Å². The molecule has 1 aliphatic rings. The lowest BCUT2D eigenvalue weighted by Gasteiger charge is -2.30. The van der Waals surface area contributed by atoms with Crippen molar-refractivity contribution in [3.63, 3.8) is 0 Å². The van der Waals surface area contributed by atoms with Crippen LogP contribution in [0.5, 0.6) is 0 Å². The molecule has 16 heavy (non-hydrogen) atoms. The van der Waals surface area contributed by atoms with Crippen LogP contribution in [0.4, 0.5) is 0 Å². The second-order valence-electron chi connectivity index (χ2n) is 5.54. The van der Waals surface area contributed by atoms with Gasteiger partial charge < -0.3 is 5.32 Å². The van der Waals surface area contributed by atoms with Crippen molar-refractivity contribution in [2.24, 2.45) is 5.92 Å². The molecule has 1 heteroatoms. The highest BCUT2D eigenvalue weighted by atomic mass is 14.9. The molecular weight excluding hydrogens is 194 g/mol. The van der Waals surface area contributed by atoms with Gasteiger partial charge in [0.25, 0.3) is 0 Å². The Morgan fingerprint density at radius 2 is 2.06 bits per heavy atom.